The Morgan fingerprint density at radius 2 is 2.24 bits per heavy atom. The van der Waals surface area contributed by atoms with Crippen LogP contribution in [0.25, 0.3) is 11.4 Å². The minimum absolute atomic E-state index is 0.0702. The molecule has 0 spiro atoms. The van der Waals surface area contributed by atoms with Gasteiger partial charge >= 0.3 is 5.97 Å². The molecule has 0 aliphatic carbocycles. The quantitative estimate of drug-likeness (QED) is 0.850. The Hall–Kier alpha value is -2.11. The van der Waals surface area contributed by atoms with E-state index in [-0.39, 0.29) is 6.42 Å². The van der Waals surface area contributed by atoms with Gasteiger partial charge in [-0.1, -0.05) is 0 Å². The lowest BCUT2D eigenvalue weighted by molar-refractivity contribution is -0.137. The van der Waals surface area contributed by atoms with Gasteiger partial charge in [0.1, 0.15) is 5.82 Å². The van der Waals surface area contributed by atoms with Crippen LogP contribution in [0.15, 0.2) is 18.5 Å². The van der Waals surface area contributed by atoms with E-state index in [2.05, 4.69) is 10.1 Å². The molecule has 0 radical (unpaired) electrons. The summed E-state index contributed by atoms with van der Waals surface area (Å²) in [6, 6.07) is 1.93. The first-order valence-corrected chi connectivity index (χ1v) is 5.30. The fourth-order valence-electron chi connectivity index (χ4n) is 1.61. The summed E-state index contributed by atoms with van der Waals surface area (Å²) in [5, 5.41) is 12.9. The Bertz CT molecular complexity index is 541. The molecule has 17 heavy (non-hydrogen) atoms. The lowest BCUT2D eigenvalue weighted by atomic mass is 10.3. The van der Waals surface area contributed by atoms with Gasteiger partial charge in [0, 0.05) is 38.5 Å². The monoisotopic (exact) mass is 234 g/mol. The van der Waals surface area contributed by atoms with E-state index in [0.717, 1.165) is 5.56 Å². The molecular formula is C11H14N4O2. The first-order chi connectivity index (χ1) is 8.06. The van der Waals surface area contributed by atoms with Gasteiger partial charge in [-0.3, -0.25) is 9.48 Å². The second-order valence-electron chi connectivity index (χ2n) is 3.93. The molecule has 2 rings (SSSR count). The molecule has 0 aliphatic rings. The molecule has 6 nitrogen and oxygen atoms in total. The van der Waals surface area contributed by atoms with E-state index in [1.807, 2.05) is 30.1 Å². The van der Waals surface area contributed by atoms with Gasteiger partial charge in [0.15, 0.2) is 5.82 Å². The third-order valence-corrected chi connectivity index (χ3v) is 2.51. The van der Waals surface area contributed by atoms with Gasteiger partial charge < -0.3 is 9.67 Å². The molecule has 90 valence electrons. The number of carboxylic acids is 1. The Morgan fingerprint density at radius 3 is 2.82 bits per heavy atom. The van der Waals surface area contributed by atoms with Gasteiger partial charge in [0.05, 0.1) is 6.42 Å². The number of carboxylic acid groups (broad SMARTS) is 1. The highest BCUT2D eigenvalue weighted by molar-refractivity contribution is 5.66. The number of rotatable bonds is 4. The molecule has 6 heteroatoms. The second kappa shape index (κ2) is 4.40. The zero-order valence-electron chi connectivity index (χ0n) is 9.79. The van der Waals surface area contributed by atoms with Crippen LogP contribution in [-0.4, -0.2) is 30.4 Å². The molecule has 0 aliphatic heterocycles. The van der Waals surface area contributed by atoms with E-state index in [0.29, 0.717) is 18.1 Å². The number of aromatic nitrogens is 4. The van der Waals surface area contributed by atoms with Crippen molar-refractivity contribution in [1.82, 2.24) is 19.3 Å². The number of aliphatic carboxylic acids is 1. The third-order valence-electron chi connectivity index (χ3n) is 2.51. The molecule has 0 fully saturated rings. The summed E-state index contributed by atoms with van der Waals surface area (Å²) >= 11 is 0. The van der Waals surface area contributed by atoms with E-state index in [4.69, 9.17) is 5.11 Å². The first kappa shape index (κ1) is 11.4. The zero-order chi connectivity index (χ0) is 12.4. The highest BCUT2D eigenvalue weighted by atomic mass is 16.4. The summed E-state index contributed by atoms with van der Waals surface area (Å²) in [5.74, 6) is 0.494. The Labute approximate surface area is 98.5 Å². The van der Waals surface area contributed by atoms with Crippen LogP contribution in [0, 0.1) is 0 Å². The average Bonchev–Trinajstić information content (AvgIpc) is 2.82. The van der Waals surface area contributed by atoms with E-state index in [1.165, 1.54) is 0 Å². The minimum atomic E-state index is -0.825. The van der Waals surface area contributed by atoms with Gasteiger partial charge in [-0.15, -0.1) is 0 Å². The lowest BCUT2D eigenvalue weighted by Crippen LogP contribution is -2.03. The maximum atomic E-state index is 10.5. The average molecular weight is 234 g/mol. The van der Waals surface area contributed by atoms with Gasteiger partial charge in [0.25, 0.3) is 0 Å². The fourth-order valence-corrected chi connectivity index (χ4v) is 1.61. The number of hydrogen-bond acceptors (Lipinski definition) is 3. The van der Waals surface area contributed by atoms with Gasteiger partial charge in [0.2, 0.25) is 0 Å². The van der Waals surface area contributed by atoms with Crippen LogP contribution in [0.3, 0.4) is 0 Å². The smallest absolute Gasteiger partial charge is 0.303 e. The second-order valence-corrected chi connectivity index (χ2v) is 3.93. The molecule has 0 atom stereocenters. The third kappa shape index (κ3) is 2.52. The molecule has 0 saturated carbocycles. The van der Waals surface area contributed by atoms with Crippen molar-refractivity contribution in [3.05, 3.63) is 24.3 Å². The van der Waals surface area contributed by atoms with E-state index < -0.39 is 5.97 Å². The van der Waals surface area contributed by atoms with E-state index >= 15 is 0 Å². The number of aryl methyl sites for hydroxylation is 3. The molecule has 2 aromatic rings. The summed E-state index contributed by atoms with van der Waals surface area (Å²) < 4.78 is 3.55. The molecule has 1 N–H and O–H groups in total. The van der Waals surface area contributed by atoms with Crippen LogP contribution in [0.5, 0.6) is 0 Å². The highest BCUT2D eigenvalue weighted by Gasteiger charge is 2.11. The summed E-state index contributed by atoms with van der Waals surface area (Å²) in [7, 11) is 3.70. The zero-order valence-corrected chi connectivity index (χ0v) is 9.79. The van der Waals surface area contributed by atoms with Crippen LogP contribution in [0.1, 0.15) is 12.2 Å². The normalized spacial score (nSPS) is 10.7. The van der Waals surface area contributed by atoms with Gasteiger partial charge in [-0.25, -0.2) is 4.98 Å². The van der Waals surface area contributed by atoms with Crippen molar-refractivity contribution in [3.8, 4) is 11.4 Å². The molecule has 0 bridgehead atoms. The topological polar surface area (TPSA) is 72.9 Å². The van der Waals surface area contributed by atoms with Crippen molar-refractivity contribution in [2.45, 2.75) is 12.8 Å². The van der Waals surface area contributed by atoms with Crippen LogP contribution in [-0.2, 0) is 25.3 Å². The van der Waals surface area contributed by atoms with Crippen LogP contribution >= 0.6 is 0 Å². The van der Waals surface area contributed by atoms with Crippen molar-refractivity contribution in [1.29, 1.82) is 0 Å². The first-order valence-electron chi connectivity index (χ1n) is 5.30. The highest BCUT2D eigenvalue weighted by Crippen LogP contribution is 2.15. The maximum absolute atomic E-state index is 10.5. The van der Waals surface area contributed by atoms with Crippen LogP contribution in [0.4, 0.5) is 0 Å². The number of hydrogen-bond donors (Lipinski definition) is 1. The summed E-state index contributed by atoms with van der Waals surface area (Å²) in [4.78, 5) is 14.8. The summed E-state index contributed by atoms with van der Waals surface area (Å²) in [6.45, 7) is 0. The predicted octanol–water partition coefficient (Wildman–Crippen LogP) is 0.838. The molecule has 2 aromatic heterocycles. The number of nitrogens with zero attached hydrogens (tertiary/aromatic N) is 4. The van der Waals surface area contributed by atoms with Crippen LogP contribution in [0.2, 0.25) is 0 Å². The molecule has 0 saturated heterocycles. The molecular weight excluding hydrogens is 220 g/mol. The van der Waals surface area contributed by atoms with Crippen molar-refractivity contribution >= 4 is 5.97 Å². The van der Waals surface area contributed by atoms with E-state index in [1.54, 1.807) is 11.7 Å². The largest absolute Gasteiger partial charge is 0.481 e. The predicted molar refractivity (Wildman–Crippen MR) is 61.4 cm³/mol. The Kier molecular flexibility index (Phi) is 2.95. The van der Waals surface area contributed by atoms with Crippen molar-refractivity contribution < 1.29 is 9.90 Å². The molecule has 2 heterocycles. The SMILES string of the molecule is Cn1ccc(-c2nc(CCC(=O)O)n(C)n2)c1. The van der Waals surface area contributed by atoms with Crippen molar-refractivity contribution in [3.63, 3.8) is 0 Å². The summed E-state index contributed by atoms with van der Waals surface area (Å²) in [6.07, 6.45) is 4.31. The van der Waals surface area contributed by atoms with Crippen molar-refractivity contribution in [2.24, 2.45) is 14.1 Å². The Morgan fingerprint density at radius 1 is 1.47 bits per heavy atom. The van der Waals surface area contributed by atoms with Crippen molar-refractivity contribution in [2.75, 3.05) is 0 Å². The molecule has 0 unspecified atom stereocenters. The minimum Gasteiger partial charge on any atom is -0.481 e. The standard InChI is InChI=1S/C11H14N4O2/c1-14-6-5-8(7-14)11-12-9(15(2)13-11)3-4-10(16)17/h5-7H,3-4H2,1-2H3,(H,16,17). The maximum Gasteiger partial charge on any atom is 0.303 e. The number of carbonyl (C=O) groups is 1. The molecule has 0 amide bonds. The fraction of sp³-hybridized carbons (Fsp3) is 0.364. The van der Waals surface area contributed by atoms with Gasteiger partial charge in [-0.2, -0.15) is 5.10 Å². The molecule has 0 aromatic carbocycles. The van der Waals surface area contributed by atoms with E-state index in [9.17, 15) is 4.79 Å². The lowest BCUT2D eigenvalue weighted by Gasteiger charge is -1.95. The summed E-state index contributed by atoms with van der Waals surface area (Å²) in [5.41, 5.74) is 0.935. The Balaban J connectivity index is 2.21. The van der Waals surface area contributed by atoms with Gasteiger partial charge in [-0.05, 0) is 6.07 Å². The van der Waals surface area contributed by atoms with Crippen LogP contribution < -0.4 is 0 Å².